The zero-order chi connectivity index (χ0) is 15.9. The number of esters is 1. The molecular formula is C20H16O2. The first kappa shape index (κ1) is 14.1. The van der Waals surface area contributed by atoms with Crippen LogP contribution in [0.1, 0.15) is 23.6 Å². The van der Waals surface area contributed by atoms with Gasteiger partial charge in [-0.05, 0) is 58.5 Å². The molecule has 0 saturated heterocycles. The highest BCUT2D eigenvalue weighted by atomic mass is 16.5. The molecule has 2 aromatic carbocycles. The van der Waals surface area contributed by atoms with Gasteiger partial charge in [0.05, 0.1) is 0 Å². The molecule has 1 aliphatic carbocycles. The fourth-order valence-electron chi connectivity index (χ4n) is 2.58. The summed E-state index contributed by atoms with van der Waals surface area (Å²) in [5.41, 5.74) is 6.69. The van der Waals surface area contributed by atoms with E-state index in [1.807, 2.05) is 24.3 Å². The highest BCUT2D eigenvalue weighted by Gasteiger charge is 2.23. The number of carbonyl (C=O) groups excluding carboxylic acids is 1. The van der Waals surface area contributed by atoms with Gasteiger partial charge in [-0.15, -0.1) is 0 Å². The van der Waals surface area contributed by atoms with Crippen LogP contribution in [0.4, 0.5) is 0 Å². The van der Waals surface area contributed by atoms with E-state index in [1.54, 1.807) is 13.0 Å². The lowest BCUT2D eigenvalue weighted by Gasteiger charge is -2.06. The molecule has 2 nitrogen and oxygen atoms in total. The van der Waals surface area contributed by atoms with E-state index in [1.165, 1.54) is 0 Å². The van der Waals surface area contributed by atoms with E-state index in [2.05, 4.69) is 31.9 Å². The monoisotopic (exact) mass is 288 g/mol. The molecule has 2 heteroatoms. The molecule has 0 bridgehead atoms. The maximum Gasteiger partial charge on any atom is 0.338 e. The predicted molar refractivity (Wildman–Crippen MR) is 90.6 cm³/mol. The Kier molecular flexibility index (Phi) is 3.30. The van der Waals surface area contributed by atoms with Gasteiger partial charge in [-0.25, -0.2) is 4.79 Å². The van der Waals surface area contributed by atoms with Crippen LogP contribution in [0, 0.1) is 0 Å². The van der Waals surface area contributed by atoms with E-state index in [0.717, 1.165) is 33.4 Å². The van der Waals surface area contributed by atoms with E-state index >= 15 is 0 Å². The van der Waals surface area contributed by atoms with Crippen molar-refractivity contribution in [3.05, 3.63) is 78.4 Å². The van der Waals surface area contributed by atoms with Crippen LogP contribution in [0.25, 0.3) is 22.8 Å². The highest BCUT2D eigenvalue weighted by Crippen LogP contribution is 2.45. The first-order valence-electron chi connectivity index (χ1n) is 6.99. The molecule has 3 rings (SSSR count). The Bertz CT molecular complexity index is 841. The van der Waals surface area contributed by atoms with Gasteiger partial charge in [0.15, 0.2) is 0 Å². The number of ether oxygens (including phenoxy) is 1. The second-order valence-corrected chi connectivity index (χ2v) is 5.36. The molecule has 0 spiro atoms. The van der Waals surface area contributed by atoms with Gasteiger partial charge in [0, 0.05) is 5.57 Å². The molecular weight excluding hydrogens is 272 g/mol. The quantitative estimate of drug-likeness (QED) is 0.391. The Morgan fingerprint density at radius 1 is 1.05 bits per heavy atom. The van der Waals surface area contributed by atoms with E-state index in [4.69, 9.17) is 4.74 Å². The summed E-state index contributed by atoms with van der Waals surface area (Å²) in [5, 5.41) is 0. The van der Waals surface area contributed by atoms with Crippen molar-refractivity contribution in [1.29, 1.82) is 0 Å². The molecule has 0 amide bonds. The van der Waals surface area contributed by atoms with Crippen LogP contribution in [-0.4, -0.2) is 5.97 Å². The minimum Gasteiger partial charge on any atom is -0.423 e. The smallest absolute Gasteiger partial charge is 0.338 e. The normalized spacial score (nSPS) is 11.6. The summed E-state index contributed by atoms with van der Waals surface area (Å²) in [6.45, 7) is 13.2. The van der Waals surface area contributed by atoms with Crippen molar-refractivity contribution in [3.63, 3.8) is 0 Å². The molecule has 108 valence electrons. The second kappa shape index (κ2) is 5.15. The highest BCUT2D eigenvalue weighted by molar-refractivity contribution is 6.01. The van der Waals surface area contributed by atoms with Gasteiger partial charge in [0.1, 0.15) is 5.75 Å². The summed E-state index contributed by atoms with van der Waals surface area (Å²) in [5.74, 6) is 0.0830. The van der Waals surface area contributed by atoms with Crippen LogP contribution in [0.5, 0.6) is 5.75 Å². The number of rotatable bonds is 3. The fraction of sp³-hybridized carbons (Fsp3) is 0.0500. The molecule has 0 atom stereocenters. The summed E-state index contributed by atoms with van der Waals surface area (Å²) >= 11 is 0. The molecule has 0 saturated carbocycles. The lowest BCUT2D eigenvalue weighted by Crippen LogP contribution is -2.08. The maximum atomic E-state index is 11.6. The second-order valence-electron chi connectivity index (χ2n) is 5.36. The van der Waals surface area contributed by atoms with Crippen LogP contribution in [0.2, 0.25) is 0 Å². The minimum atomic E-state index is -0.421. The predicted octanol–water partition coefficient (Wildman–Crippen LogP) is 4.85. The SMILES string of the molecule is C=Cc1ccc2c(c1)C(=C)c1cc(OC(=O)C(=C)C)ccc1-2. The summed E-state index contributed by atoms with van der Waals surface area (Å²) in [4.78, 5) is 11.6. The molecule has 0 aliphatic heterocycles. The first-order chi connectivity index (χ1) is 10.5. The summed E-state index contributed by atoms with van der Waals surface area (Å²) in [6, 6.07) is 11.8. The summed E-state index contributed by atoms with van der Waals surface area (Å²) in [7, 11) is 0. The van der Waals surface area contributed by atoms with E-state index in [9.17, 15) is 4.79 Å². The van der Waals surface area contributed by atoms with Gasteiger partial charge in [0.25, 0.3) is 0 Å². The van der Waals surface area contributed by atoms with Crippen molar-refractivity contribution in [2.75, 3.05) is 0 Å². The van der Waals surface area contributed by atoms with Crippen molar-refractivity contribution in [2.45, 2.75) is 6.92 Å². The van der Waals surface area contributed by atoms with Gasteiger partial charge in [-0.3, -0.25) is 0 Å². The third-order valence-corrected chi connectivity index (χ3v) is 3.77. The molecule has 22 heavy (non-hydrogen) atoms. The van der Waals surface area contributed by atoms with Crippen LogP contribution < -0.4 is 4.74 Å². The molecule has 2 aromatic rings. The van der Waals surface area contributed by atoms with Crippen molar-refractivity contribution >= 4 is 17.6 Å². The van der Waals surface area contributed by atoms with Gasteiger partial charge in [0.2, 0.25) is 0 Å². The van der Waals surface area contributed by atoms with Crippen molar-refractivity contribution in [2.24, 2.45) is 0 Å². The van der Waals surface area contributed by atoms with E-state index < -0.39 is 5.97 Å². The van der Waals surface area contributed by atoms with Crippen molar-refractivity contribution in [3.8, 4) is 16.9 Å². The Morgan fingerprint density at radius 3 is 2.32 bits per heavy atom. The summed E-state index contributed by atoms with van der Waals surface area (Å²) in [6.07, 6.45) is 1.82. The van der Waals surface area contributed by atoms with E-state index in [0.29, 0.717) is 11.3 Å². The number of benzene rings is 2. The molecule has 0 unspecified atom stereocenters. The van der Waals surface area contributed by atoms with Crippen molar-refractivity contribution < 1.29 is 9.53 Å². The average molecular weight is 288 g/mol. The number of fused-ring (bicyclic) bond motifs is 3. The van der Waals surface area contributed by atoms with Gasteiger partial charge < -0.3 is 4.74 Å². The molecule has 0 radical (unpaired) electrons. The van der Waals surface area contributed by atoms with Crippen molar-refractivity contribution in [1.82, 2.24) is 0 Å². The van der Waals surface area contributed by atoms with Crippen LogP contribution in [-0.2, 0) is 4.79 Å². The zero-order valence-corrected chi connectivity index (χ0v) is 12.5. The average Bonchev–Trinajstić information content (AvgIpc) is 2.79. The molecule has 0 aromatic heterocycles. The number of carbonyl (C=O) groups is 1. The molecule has 1 aliphatic rings. The van der Waals surface area contributed by atoms with Crippen LogP contribution in [0.3, 0.4) is 0 Å². The summed E-state index contributed by atoms with van der Waals surface area (Å²) < 4.78 is 5.30. The Balaban J connectivity index is 2.03. The van der Waals surface area contributed by atoms with Gasteiger partial charge >= 0.3 is 5.97 Å². The lowest BCUT2D eigenvalue weighted by atomic mass is 10.0. The number of hydrogen-bond donors (Lipinski definition) is 0. The molecule has 0 fully saturated rings. The maximum absolute atomic E-state index is 11.6. The largest absolute Gasteiger partial charge is 0.423 e. The van der Waals surface area contributed by atoms with E-state index in [-0.39, 0.29) is 0 Å². The Hall–Kier alpha value is -2.87. The molecule has 0 N–H and O–H groups in total. The van der Waals surface area contributed by atoms with Crippen LogP contribution in [0.15, 0.2) is 61.7 Å². The van der Waals surface area contributed by atoms with Gasteiger partial charge in [-0.1, -0.05) is 44.0 Å². The zero-order valence-electron chi connectivity index (χ0n) is 12.5. The molecule has 0 heterocycles. The third kappa shape index (κ3) is 2.19. The Labute approximate surface area is 130 Å². The Morgan fingerprint density at radius 2 is 1.68 bits per heavy atom. The lowest BCUT2D eigenvalue weighted by molar-refractivity contribution is -0.130. The van der Waals surface area contributed by atoms with Crippen LogP contribution >= 0.6 is 0 Å². The van der Waals surface area contributed by atoms with Gasteiger partial charge in [-0.2, -0.15) is 0 Å². The first-order valence-corrected chi connectivity index (χ1v) is 6.99. The topological polar surface area (TPSA) is 26.3 Å². The minimum absolute atomic E-state index is 0.373. The fourth-order valence-corrected chi connectivity index (χ4v) is 2.58. The number of hydrogen-bond acceptors (Lipinski definition) is 2. The standard InChI is InChI=1S/C20H16O2/c1-5-14-6-8-16-17-9-7-15(22-20(21)12(2)3)11-19(17)13(4)18(16)10-14/h5-11H,1-2,4H2,3H3. The third-order valence-electron chi connectivity index (χ3n) is 3.77.